The zero-order chi connectivity index (χ0) is 27.0. The molecule has 7 nitrogen and oxygen atoms in total. The Kier molecular flexibility index (Phi) is 8.51. The maximum atomic E-state index is 13.4. The summed E-state index contributed by atoms with van der Waals surface area (Å²) in [6.07, 6.45) is 3.73. The summed E-state index contributed by atoms with van der Waals surface area (Å²) in [6, 6.07) is 17.7. The summed E-state index contributed by atoms with van der Waals surface area (Å²) in [5, 5.41) is 12.2. The van der Waals surface area contributed by atoms with Crippen LogP contribution in [0.15, 0.2) is 72.1 Å². The van der Waals surface area contributed by atoms with E-state index in [0.717, 1.165) is 41.5 Å². The standard InChI is InChI=1S/C30H27ClFN5O2/c1-2-5-27(37-39-18-24-8-4-13-33-24)21-9-11-28-25(15-21)30(35-19-34-28)36-23-10-12-29(26(31)16-23)38-17-20-6-3-7-22(32)14-20/h3,6-7,9-12,14-16,19,24,33H,4,8,13,17-18H2,1H3,(H,34,35,36)/b37-27+/t24-/m0/s1. The van der Waals surface area contributed by atoms with Crippen molar-refractivity contribution in [2.75, 3.05) is 18.5 Å². The van der Waals surface area contributed by atoms with Crippen molar-refractivity contribution in [2.45, 2.75) is 32.4 Å². The molecule has 0 radical (unpaired) electrons. The van der Waals surface area contributed by atoms with Gasteiger partial charge in [-0.3, -0.25) is 0 Å². The first-order valence-corrected chi connectivity index (χ1v) is 13.0. The fourth-order valence-electron chi connectivity index (χ4n) is 4.28. The minimum absolute atomic E-state index is 0.203. The largest absolute Gasteiger partial charge is 0.487 e. The fourth-order valence-corrected chi connectivity index (χ4v) is 4.52. The van der Waals surface area contributed by atoms with Gasteiger partial charge in [-0.25, -0.2) is 14.4 Å². The molecule has 0 spiro atoms. The second kappa shape index (κ2) is 12.6. The van der Waals surface area contributed by atoms with E-state index in [-0.39, 0.29) is 12.4 Å². The number of ether oxygens (including phenoxy) is 1. The van der Waals surface area contributed by atoms with E-state index in [9.17, 15) is 4.39 Å². The molecule has 2 heterocycles. The predicted molar refractivity (Wildman–Crippen MR) is 152 cm³/mol. The molecule has 1 aromatic heterocycles. The molecule has 3 aromatic carbocycles. The second-order valence-corrected chi connectivity index (χ2v) is 9.45. The maximum absolute atomic E-state index is 13.4. The van der Waals surface area contributed by atoms with E-state index in [2.05, 4.69) is 37.6 Å². The smallest absolute Gasteiger partial charge is 0.159 e. The van der Waals surface area contributed by atoms with Crippen LogP contribution in [0.5, 0.6) is 5.75 Å². The van der Waals surface area contributed by atoms with Gasteiger partial charge in [0.25, 0.3) is 0 Å². The van der Waals surface area contributed by atoms with E-state index in [4.69, 9.17) is 21.2 Å². The number of benzene rings is 3. The van der Waals surface area contributed by atoms with Crippen LogP contribution in [-0.4, -0.2) is 34.9 Å². The number of rotatable bonds is 9. The summed E-state index contributed by atoms with van der Waals surface area (Å²) in [7, 11) is 0. The highest BCUT2D eigenvalue weighted by Crippen LogP contribution is 2.31. The van der Waals surface area contributed by atoms with Crippen LogP contribution < -0.4 is 15.4 Å². The Labute approximate surface area is 231 Å². The van der Waals surface area contributed by atoms with Crippen molar-refractivity contribution in [3.8, 4) is 17.6 Å². The molecule has 5 rings (SSSR count). The van der Waals surface area contributed by atoms with Crippen LogP contribution >= 0.6 is 11.6 Å². The Morgan fingerprint density at radius 3 is 2.90 bits per heavy atom. The van der Waals surface area contributed by atoms with Crippen LogP contribution in [0.4, 0.5) is 15.9 Å². The molecule has 9 heteroatoms. The minimum Gasteiger partial charge on any atom is -0.487 e. The molecule has 39 heavy (non-hydrogen) atoms. The number of hydrogen-bond donors (Lipinski definition) is 2. The van der Waals surface area contributed by atoms with Crippen LogP contribution in [0.25, 0.3) is 10.9 Å². The van der Waals surface area contributed by atoms with Gasteiger partial charge in [-0.15, -0.1) is 0 Å². The quantitative estimate of drug-likeness (QED) is 0.148. The summed E-state index contributed by atoms with van der Waals surface area (Å²) < 4.78 is 19.2. The van der Waals surface area contributed by atoms with Crippen LogP contribution in [0.3, 0.4) is 0 Å². The van der Waals surface area contributed by atoms with E-state index >= 15 is 0 Å². The molecular formula is C30H27ClFN5O2. The van der Waals surface area contributed by atoms with Gasteiger partial charge in [0.05, 0.1) is 10.5 Å². The van der Waals surface area contributed by atoms with Gasteiger partial charge in [-0.1, -0.05) is 34.8 Å². The molecular weight excluding hydrogens is 517 g/mol. The van der Waals surface area contributed by atoms with E-state index in [0.29, 0.717) is 40.5 Å². The van der Waals surface area contributed by atoms with Crippen molar-refractivity contribution < 1.29 is 14.0 Å². The second-order valence-electron chi connectivity index (χ2n) is 9.05. The number of anilines is 2. The Balaban J connectivity index is 1.34. The summed E-state index contributed by atoms with van der Waals surface area (Å²) in [5.41, 5.74) is 3.53. The average Bonchev–Trinajstić information content (AvgIpc) is 3.46. The number of hydrogen-bond acceptors (Lipinski definition) is 7. The summed E-state index contributed by atoms with van der Waals surface area (Å²) in [4.78, 5) is 14.5. The number of nitrogens with one attached hydrogen (secondary N) is 2. The normalized spacial score (nSPS) is 15.1. The molecule has 2 N–H and O–H groups in total. The summed E-state index contributed by atoms with van der Waals surface area (Å²) in [6.45, 7) is 3.48. The van der Waals surface area contributed by atoms with Crippen LogP contribution in [-0.2, 0) is 11.4 Å². The van der Waals surface area contributed by atoms with E-state index in [1.54, 1.807) is 31.2 Å². The van der Waals surface area contributed by atoms with Crippen molar-refractivity contribution in [2.24, 2.45) is 5.16 Å². The Hall–Kier alpha value is -4.19. The topological polar surface area (TPSA) is 80.7 Å². The molecule has 198 valence electrons. The third-order valence-corrected chi connectivity index (χ3v) is 6.52. The van der Waals surface area contributed by atoms with Gasteiger partial charge >= 0.3 is 0 Å². The van der Waals surface area contributed by atoms with E-state index in [1.807, 2.05) is 24.3 Å². The van der Waals surface area contributed by atoms with Gasteiger partial charge in [0, 0.05) is 22.7 Å². The van der Waals surface area contributed by atoms with Crippen molar-refractivity contribution in [1.29, 1.82) is 0 Å². The maximum Gasteiger partial charge on any atom is 0.159 e. The van der Waals surface area contributed by atoms with E-state index < -0.39 is 0 Å². The number of nitrogens with zero attached hydrogens (tertiary/aromatic N) is 3. The first-order chi connectivity index (χ1) is 19.1. The molecule has 1 atom stereocenters. The van der Waals surface area contributed by atoms with E-state index in [1.165, 1.54) is 18.5 Å². The molecule has 0 unspecified atom stereocenters. The Morgan fingerprint density at radius 2 is 2.10 bits per heavy atom. The van der Waals surface area contributed by atoms with Crippen LogP contribution in [0, 0.1) is 17.7 Å². The predicted octanol–water partition coefficient (Wildman–Crippen LogP) is 6.24. The van der Waals surface area contributed by atoms with Gasteiger partial charge in [-0.05, 0) is 86.3 Å². The third-order valence-electron chi connectivity index (χ3n) is 6.22. The van der Waals surface area contributed by atoms with Gasteiger partial charge in [0.2, 0.25) is 0 Å². The van der Waals surface area contributed by atoms with Crippen molar-refractivity contribution in [1.82, 2.24) is 15.3 Å². The Morgan fingerprint density at radius 1 is 1.18 bits per heavy atom. The lowest BCUT2D eigenvalue weighted by Gasteiger charge is -2.12. The van der Waals surface area contributed by atoms with Crippen molar-refractivity contribution in [3.05, 3.63) is 89.0 Å². The van der Waals surface area contributed by atoms with Gasteiger partial charge < -0.3 is 20.2 Å². The molecule has 1 fully saturated rings. The molecule has 1 aliphatic rings. The fraction of sp³-hybridized carbons (Fsp3) is 0.233. The van der Waals surface area contributed by atoms with Crippen molar-refractivity contribution >= 4 is 39.7 Å². The zero-order valence-electron chi connectivity index (χ0n) is 21.4. The van der Waals surface area contributed by atoms with Gasteiger partial charge in [0.15, 0.2) is 5.71 Å². The molecule has 1 saturated heterocycles. The summed E-state index contributed by atoms with van der Waals surface area (Å²) >= 11 is 6.49. The first-order valence-electron chi connectivity index (χ1n) is 12.6. The van der Waals surface area contributed by atoms with Crippen LogP contribution in [0.2, 0.25) is 5.02 Å². The molecule has 0 aliphatic carbocycles. The molecule has 0 amide bonds. The van der Waals surface area contributed by atoms with Gasteiger partial charge in [0.1, 0.15) is 36.9 Å². The molecule has 0 bridgehead atoms. The third kappa shape index (κ3) is 6.82. The van der Waals surface area contributed by atoms with Gasteiger partial charge in [-0.2, -0.15) is 0 Å². The zero-order valence-corrected chi connectivity index (χ0v) is 22.1. The Bertz CT molecular complexity index is 1560. The molecule has 0 saturated carbocycles. The highest BCUT2D eigenvalue weighted by Gasteiger charge is 2.15. The number of aromatic nitrogens is 2. The minimum atomic E-state index is -0.309. The van der Waals surface area contributed by atoms with Crippen LogP contribution in [0.1, 0.15) is 30.9 Å². The first kappa shape index (κ1) is 26.4. The monoisotopic (exact) mass is 543 g/mol. The summed E-state index contributed by atoms with van der Waals surface area (Å²) in [5.74, 6) is 6.74. The average molecular weight is 544 g/mol. The molecule has 1 aliphatic heterocycles. The number of fused-ring (bicyclic) bond motifs is 1. The lowest BCUT2D eigenvalue weighted by molar-refractivity contribution is 0.125. The highest BCUT2D eigenvalue weighted by atomic mass is 35.5. The SMILES string of the molecule is CC#C/C(=N\OC[C@@H]1CCCN1)c1ccc2ncnc(Nc3ccc(OCc4cccc(F)c4)c(Cl)c3)c2c1. The highest BCUT2D eigenvalue weighted by molar-refractivity contribution is 6.32. The molecule has 4 aromatic rings. The van der Waals surface area contributed by atoms with Crippen molar-refractivity contribution in [3.63, 3.8) is 0 Å². The lowest BCUT2D eigenvalue weighted by atomic mass is 10.1. The number of halogens is 2. The number of oxime groups is 1. The lowest BCUT2D eigenvalue weighted by Crippen LogP contribution is -2.26.